The highest BCUT2D eigenvalue weighted by Gasteiger charge is 2.62. The molecule has 4 aliphatic rings. The molecular weight excluding hydrogens is 583 g/mol. The van der Waals surface area contributed by atoms with Gasteiger partial charge in [0.05, 0.1) is 0 Å². The van der Waals surface area contributed by atoms with Gasteiger partial charge in [-0.1, -0.05) is 82.3 Å². The van der Waals surface area contributed by atoms with Crippen molar-refractivity contribution in [2.75, 3.05) is 25.0 Å². The second-order valence-electron chi connectivity index (χ2n) is 15.8. The molecule has 0 radical (unpaired) electrons. The van der Waals surface area contributed by atoms with Crippen LogP contribution in [0.4, 0.5) is 5.69 Å². The maximum absolute atomic E-state index is 7.77. The first kappa shape index (κ1) is 36.0. The highest BCUT2D eigenvalue weighted by molar-refractivity contribution is 6.59. The van der Waals surface area contributed by atoms with Crippen LogP contribution in [-0.4, -0.2) is 42.8 Å². The Kier molecular flexibility index (Phi) is 10.2. The third-order valence-electron chi connectivity index (χ3n) is 12.6. The van der Waals surface area contributed by atoms with Crippen LogP contribution < -0.4 is 16.8 Å². The number of nitrogens with zero attached hydrogens (tertiary/aromatic N) is 1. The molecule has 48 heavy (non-hydrogen) atoms. The van der Waals surface area contributed by atoms with Crippen molar-refractivity contribution in [3.63, 3.8) is 0 Å². The van der Waals surface area contributed by atoms with Gasteiger partial charge in [-0.25, -0.2) is 0 Å². The average Bonchev–Trinajstić information content (AvgIpc) is 3.01. The van der Waals surface area contributed by atoms with Crippen LogP contribution in [0.3, 0.4) is 0 Å². The van der Waals surface area contributed by atoms with Crippen LogP contribution in [-0.2, 0) is 6.42 Å². The van der Waals surface area contributed by atoms with E-state index in [2.05, 4.69) is 103 Å². The fourth-order valence-electron chi connectivity index (χ4n) is 10.3. The number of allylic oxidation sites excluding steroid dienone is 6. The summed E-state index contributed by atoms with van der Waals surface area (Å²) in [7, 11) is 0. The fraction of sp³-hybridized carbons (Fsp3) is 0.488. The lowest BCUT2D eigenvalue weighted by Gasteiger charge is -2.62. The van der Waals surface area contributed by atoms with E-state index >= 15 is 0 Å². The van der Waals surface area contributed by atoms with Crippen molar-refractivity contribution in [1.29, 1.82) is 0 Å². The van der Waals surface area contributed by atoms with Gasteiger partial charge in [0, 0.05) is 48.0 Å². The Morgan fingerprint density at radius 1 is 1.15 bits per heavy atom. The molecule has 4 nitrogen and oxygen atoms in total. The number of hydrogen-bond donors (Lipinski definition) is 3. The number of nitrogens with two attached hydrogens (primary N) is 2. The van der Waals surface area contributed by atoms with Crippen molar-refractivity contribution in [3.05, 3.63) is 118 Å². The van der Waals surface area contributed by atoms with Crippen LogP contribution >= 0.6 is 0 Å². The largest absolute Gasteiger partial charge is 0.399 e. The average molecular weight is 645 g/mol. The number of rotatable bonds is 9. The van der Waals surface area contributed by atoms with Gasteiger partial charge in [-0.3, -0.25) is 4.90 Å². The molecule has 0 saturated carbocycles. The summed E-state index contributed by atoms with van der Waals surface area (Å²) in [4.78, 5) is 2.57. The molecule has 0 amide bonds. The molecule has 0 bridgehead atoms. The van der Waals surface area contributed by atoms with Crippen LogP contribution in [0.5, 0.6) is 0 Å². The minimum absolute atomic E-state index is 0.174. The first-order valence-electron chi connectivity index (χ1n) is 18.3. The van der Waals surface area contributed by atoms with Crippen molar-refractivity contribution in [2.24, 2.45) is 22.8 Å². The van der Waals surface area contributed by atoms with Crippen LogP contribution in [0.25, 0.3) is 5.57 Å². The van der Waals surface area contributed by atoms with Gasteiger partial charge in [-0.2, -0.15) is 0 Å². The molecule has 4 atom stereocenters. The molecule has 1 aromatic rings. The molecule has 1 aromatic carbocycles. The zero-order valence-corrected chi connectivity index (χ0v) is 31.3. The molecule has 1 unspecified atom stereocenters. The number of aryl methyl sites for hydroxylation is 1. The number of fused-ring (bicyclic) bond motifs is 3. The van der Waals surface area contributed by atoms with E-state index in [4.69, 9.17) is 24.6 Å². The predicted octanol–water partition coefficient (Wildman–Crippen LogP) is 9.35. The highest BCUT2D eigenvalue weighted by atomic mass is 15.1. The van der Waals surface area contributed by atoms with E-state index in [1.54, 1.807) is 0 Å². The lowest BCUT2D eigenvalue weighted by atomic mass is 9.31. The van der Waals surface area contributed by atoms with Gasteiger partial charge in [0.15, 0.2) is 0 Å². The first-order chi connectivity index (χ1) is 22.6. The maximum atomic E-state index is 7.77. The molecule has 256 valence electrons. The number of nitrogens with one attached hydrogen (secondary N) is 1. The summed E-state index contributed by atoms with van der Waals surface area (Å²) in [5, 5.41) is 3.99. The summed E-state index contributed by atoms with van der Waals surface area (Å²) < 4.78 is 0. The monoisotopic (exact) mass is 644 g/mol. The van der Waals surface area contributed by atoms with Gasteiger partial charge in [-0.15, -0.1) is 0 Å². The van der Waals surface area contributed by atoms with Gasteiger partial charge in [-0.05, 0) is 135 Å². The van der Waals surface area contributed by atoms with Crippen LogP contribution in [0, 0.1) is 25.2 Å². The minimum atomic E-state index is -0.481. The number of benzene rings is 1. The van der Waals surface area contributed by atoms with Gasteiger partial charge in [0.25, 0.3) is 0 Å². The van der Waals surface area contributed by atoms with Crippen molar-refractivity contribution >= 4 is 18.0 Å². The number of likely N-dealkylation sites (tertiary alicyclic amines) is 1. The summed E-state index contributed by atoms with van der Waals surface area (Å²) in [6.45, 7) is 39.4. The Bertz CT molecular complexity index is 1660. The van der Waals surface area contributed by atoms with Gasteiger partial charge < -0.3 is 16.8 Å². The first-order valence-corrected chi connectivity index (χ1v) is 18.3. The zero-order chi connectivity index (χ0) is 35.3. The third kappa shape index (κ3) is 5.75. The predicted molar refractivity (Wildman–Crippen MR) is 212 cm³/mol. The minimum Gasteiger partial charge on any atom is -0.399 e. The summed E-state index contributed by atoms with van der Waals surface area (Å²) in [5.41, 5.74) is 29.0. The number of piperidine rings is 1. The molecule has 5 N–H and O–H groups in total. The van der Waals surface area contributed by atoms with E-state index in [-0.39, 0.29) is 5.82 Å². The summed E-state index contributed by atoms with van der Waals surface area (Å²) in [6, 6.07) is 2.84. The van der Waals surface area contributed by atoms with Crippen molar-refractivity contribution in [2.45, 2.75) is 105 Å². The molecule has 1 fully saturated rings. The van der Waals surface area contributed by atoms with Crippen LogP contribution in [0.15, 0.2) is 95.8 Å². The Hall–Kier alpha value is -3.28. The molecule has 1 saturated heterocycles. The zero-order valence-electron chi connectivity index (χ0n) is 31.3. The van der Waals surface area contributed by atoms with Gasteiger partial charge in [0.1, 0.15) is 6.71 Å². The topological polar surface area (TPSA) is 67.3 Å². The molecule has 1 heterocycles. The standard InChI is InChI=1S/C43H61BN4/c1-13-15-17-33(16-14-2)25-48-20-18-35(19-21-48)47-37-22-26(3)36-23-34-24-43(46)41(44(11)12)29(6)39(32(9)45)30(7)42(43,10)31(8)40(34)28(5)38(36)27(37)4/h14-17,22,34-35,41,47H,2,5,7,9,13,18-21,23-25,45-46H2,1,3-4,6,8,10-12H3/b17-15-,33-16+/t34?,41-,42+,43-/m1/s1. The van der Waals surface area contributed by atoms with E-state index in [1.165, 1.54) is 50.2 Å². The van der Waals surface area contributed by atoms with Crippen LogP contribution in [0.2, 0.25) is 19.5 Å². The van der Waals surface area contributed by atoms with Crippen molar-refractivity contribution < 1.29 is 0 Å². The molecule has 5 rings (SSSR count). The molecular formula is C43H61BN4. The SMILES string of the molecule is C=C/C=C(\C=C/CC)CN1CCC(Nc2cc(C)c3c(c2C)C(=C)C2=C(C)[C@]4(C)C(=C)C(C(=C)N)=C(C)[C@@H](B(C)C)[C@]4(N)CC2C3)CC1. The lowest BCUT2D eigenvalue weighted by molar-refractivity contribution is 0.159. The van der Waals surface area contributed by atoms with Gasteiger partial charge >= 0.3 is 0 Å². The molecule has 0 spiro atoms. The quantitative estimate of drug-likeness (QED) is 0.185. The Morgan fingerprint density at radius 2 is 1.81 bits per heavy atom. The third-order valence-corrected chi connectivity index (χ3v) is 12.6. The van der Waals surface area contributed by atoms with E-state index in [9.17, 15) is 0 Å². The molecule has 5 heteroatoms. The van der Waals surface area contributed by atoms with Crippen molar-refractivity contribution in [3.8, 4) is 0 Å². The number of hydrogen-bond acceptors (Lipinski definition) is 4. The summed E-state index contributed by atoms with van der Waals surface area (Å²) >= 11 is 0. The van der Waals surface area contributed by atoms with E-state index in [0.29, 0.717) is 24.4 Å². The Balaban J connectivity index is 1.46. The Morgan fingerprint density at radius 3 is 2.40 bits per heavy atom. The normalized spacial score (nSPS) is 28.4. The van der Waals surface area contributed by atoms with E-state index in [1.807, 2.05) is 6.08 Å². The molecule has 3 aliphatic carbocycles. The lowest BCUT2D eigenvalue weighted by Crippen LogP contribution is -2.66. The van der Waals surface area contributed by atoms with Crippen LogP contribution in [0.1, 0.15) is 75.6 Å². The van der Waals surface area contributed by atoms with E-state index < -0.39 is 11.0 Å². The van der Waals surface area contributed by atoms with E-state index in [0.717, 1.165) is 68.5 Å². The van der Waals surface area contributed by atoms with Crippen molar-refractivity contribution in [1.82, 2.24) is 4.90 Å². The maximum Gasteiger partial charge on any atom is 0.143 e. The second-order valence-corrected chi connectivity index (χ2v) is 15.8. The Labute approximate surface area is 292 Å². The second kappa shape index (κ2) is 13.6. The number of anilines is 1. The fourth-order valence-corrected chi connectivity index (χ4v) is 10.3. The smallest absolute Gasteiger partial charge is 0.143 e. The highest BCUT2D eigenvalue weighted by Crippen LogP contribution is 2.66. The van der Waals surface area contributed by atoms with Gasteiger partial charge in [0.2, 0.25) is 0 Å². The summed E-state index contributed by atoms with van der Waals surface area (Å²) in [5.74, 6) is 0.494. The summed E-state index contributed by atoms with van der Waals surface area (Å²) in [6.07, 6.45) is 13.7. The molecule has 1 aliphatic heterocycles. The molecule has 0 aromatic heterocycles.